The summed E-state index contributed by atoms with van der Waals surface area (Å²) in [5, 5.41) is 5.07. The highest BCUT2D eigenvalue weighted by atomic mass is 35.5. The Morgan fingerprint density at radius 2 is 1.85 bits per heavy atom. The van der Waals surface area contributed by atoms with E-state index in [1.165, 1.54) is 36.1 Å². The molecule has 5 rings (SSSR count). The second-order valence-corrected chi connectivity index (χ2v) is 10.7. The topological polar surface area (TPSA) is 54.6 Å². The zero-order chi connectivity index (χ0) is 22.8. The van der Waals surface area contributed by atoms with Gasteiger partial charge >= 0.3 is 0 Å². The lowest BCUT2D eigenvalue weighted by atomic mass is 9.93. The van der Waals surface area contributed by atoms with Crippen LogP contribution in [0.4, 0.5) is 5.00 Å². The van der Waals surface area contributed by atoms with Gasteiger partial charge in [0.15, 0.2) is 0 Å². The van der Waals surface area contributed by atoms with Gasteiger partial charge in [-0.05, 0) is 74.4 Å². The number of hydrogen-bond donors (Lipinski definition) is 1. The quantitative estimate of drug-likeness (QED) is 0.360. The zero-order valence-corrected chi connectivity index (χ0v) is 20.7. The minimum absolute atomic E-state index is 0.0318. The summed E-state index contributed by atoms with van der Waals surface area (Å²) >= 11 is 13.8. The van der Waals surface area contributed by atoms with Crippen molar-refractivity contribution in [2.24, 2.45) is 4.99 Å². The Bertz CT molecular complexity index is 1190. The summed E-state index contributed by atoms with van der Waals surface area (Å²) in [7, 11) is 0. The Balaban J connectivity index is 1.40. The predicted octanol–water partition coefficient (Wildman–Crippen LogP) is 8.01. The molecule has 33 heavy (non-hydrogen) atoms. The number of aryl methyl sites for hydroxylation is 1. The van der Waals surface area contributed by atoms with E-state index in [-0.39, 0.29) is 11.9 Å². The van der Waals surface area contributed by atoms with Crippen molar-refractivity contribution in [1.82, 2.24) is 5.32 Å². The highest BCUT2D eigenvalue weighted by Crippen LogP contribution is 2.40. The summed E-state index contributed by atoms with van der Waals surface area (Å²) in [6.07, 6.45) is 11.8. The van der Waals surface area contributed by atoms with Crippen molar-refractivity contribution >= 4 is 51.7 Å². The van der Waals surface area contributed by atoms with Crippen LogP contribution in [-0.4, -0.2) is 18.2 Å². The number of halogens is 2. The van der Waals surface area contributed by atoms with E-state index < -0.39 is 0 Å². The van der Waals surface area contributed by atoms with Crippen LogP contribution in [0.2, 0.25) is 10.0 Å². The molecule has 4 nitrogen and oxygen atoms in total. The average Bonchev–Trinajstić information content (AvgIpc) is 3.44. The van der Waals surface area contributed by atoms with Gasteiger partial charge in [-0.3, -0.25) is 4.79 Å². The van der Waals surface area contributed by atoms with Crippen molar-refractivity contribution < 1.29 is 9.21 Å². The minimum atomic E-state index is 0.0318. The van der Waals surface area contributed by atoms with Crippen LogP contribution >= 0.6 is 34.5 Å². The third-order valence-corrected chi connectivity index (χ3v) is 8.40. The first-order chi connectivity index (χ1) is 16.1. The smallest absolute Gasteiger partial charge is 0.254 e. The van der Waals surface area contributed by atoms with Crippen molar-refractivity contribution in [2.45, 2.75) is 63.8 Å². The molecule has 172 valence electrons. The molecule has 1 amide bonds. The molecular weight excluding hydrogens is 475 g/mol. The summed E-state index contributed by atoms with van der Waals surface area (Å²) in [4.78, 5) is 19.3. The first-order valence-corrected chi connectivity index (χ1v) is 13.2. The van der Waals surface area contributed by atoms with Gasteiger partial charge in [-0.15, -0.1) is 11.3 Å². The number of amides is 1. The van der Waals surface area contributed by atoms with Crippen LogP contribution in [0.25, 0.3) is 11.3 Å². The number of hydrogen-bond acceptors (Lipinski definition) is 4. The van der Waals surface area contributed by atoms with Gasteiger partial charge in [-0.2, -0.15) is 0 Å². The number of carbonyl (C=O) groups is 1. The second-order valence-electron chi connectivity index (χ2n) is 8.79. The van der Waals surface area contributed by atoms with E-state index in [4.69, 9.17) is 32.6 Å². The Labute approximate surface area is 208 Å². The Morgan fingerprint density at radius 1 is 1.03 bits per heavy atom. The van der Waals surface area contributed by atoms with Crippen LogP contribution in [0.5, 0.6) is 0 Å². The van der Waals surface area contributed by atoms with E-state index in [0.29, 0.717) is 21.6 Å². The summed E-state index contributed by atoms with van der Waals surface area (Å²) in [5.41, 5.74) is 2.82. The van der Waals surface area contributed by atoms with Crippen molar-refractivity contribution in [1.29, 1.82) is 0 Å². The van der Waals surface area contributed by atoms with Crippen molar-refractivity contribution in [3.63, 3.8) is 0 Å². The molecule has 2 heterocycles. The van der Waals surface area contributed by atoms with Crippen LogP contribution in [0.1, 0.15) is 71.5 Å². The molecule has 0 unspecified atom stereocenters. The lowest BCUT2D eigenvalue weighted by Crippen LogP contribution is -2.36. The maximum Gasteiger partial charge on any atom is 0.254 e. The summed E-state index contributed by atoms with van der Waals surface area (Å²) in [5.74, 6) is 1.35. The molecule has 0 saturated heterocycles. The summed E-state index contributed by atoms with van der Waals surface area (Å²) in [6.45, 7) is 0. The normalized spacial score (nSPS) is 16.8. The Kier molecular flexibility index (Phi) is 6.91. The predicted molar refractivity (Wildman–Crippen MR) is 137 cm³/mol. The van der Waals surface area contributed by atoms with Gasteiger partial charge in [0, 0.05) is 16.5 Å². The molecule has 7 heteroatoms. The van der Waals surface area contributed by atoms with Crippen LogP contribution in [0.15, 0.2) is 39.7 Å². The Hall–Kier alpha value is -2.08. The summed E-state index contributed by atoms with van der Waals surface area (Å²) in [6, 6.07) is 9.44. The van der Waals surface area contributed by atoms with Gasteiger partial charge in [-0.1, -0.05) is 42.5 Å². The fourth-order valence-corrected chi connectivity index (χ4v) is 6.26. The van der Waals surface area contributed by atoms with E-state index in [0.717, 1.165) is 48.2 Å². The van der Waals surface area contributed by atoms with Gasteiger partial charge in [0.25, 0.3) is 5.91 Å². The molecule has 2 aliphatic rings. The standard InChI is InChI=1S/C26H26Cl2N2O2S/c27-20-12-10-16(14-21(20)28)22-13-11-18(32-22)15-29-26-24(19-8-4-5-9-23(19)33-26)25(31)30-17-6-2-1-3-7-17/h10-15,17H,1-9H2,(H,30,31)/b29-15+. The van der Waals surface area contributed by atoms with Crippen LogP contribution in [0, 0.1) is 0 Å². The number of nitrogens with one attached hydrogen (secondary N) is 1. The lowest BCUT2D eigenvalue weighted by Gasteiger charge is -2.23. The fraction of sp³-hybridized carbons (Fsp3) is 0.385. The monoisotopic (exact) mass is 500 g/mol. The van der Waals surface area contributed by atoms with Crippen molar-refractivity contribution in [3.8, 4) is 11.3 Å². The highest BCUT2D eigenvalue weighted by molar-refractivity contribution is 7.16. The molecule has 0 aliphatic heterocycles. The molecular formula is C26H26Cl2N2O2S. The number of nitrogens with zero attached hydrogens (tertiary/aromatic N) is 1. The number of thiophene rings is 1. The number of fused-ring (bicyclic) bond motifs is 1. The van der Waals surface area contributed by atoms with Crippen LogP contribution in [-0.2, 0) is 12.8 Å². The number of rotatable bonds is 5. The van der Waals surface area contributed by atoms with Crippen LogP contribution < -0.4 is 5.32 Å². The minimum Gasteiger partial charge on any atom is -0.455 e. The van der Waals surface area contributed by atoms with E-state index in [9.17, 15) is 4.79 Å². The summed E-state index contributed by atoms with van der Waals surface area (Å²) < 4.78 is 5.96. The van der Waals surface area contributed by atoms with E-state index in [1.807, 2.05) is 18.2 Å². The van der Waals surface area contributed by atoms with Gasteiger partial charge in [0.05, 0.1) is 21.8 Å². The molecule has 0 atom stereocenters. The van der Waals surface area contributed by atoms with Gasteiger partial charge in [0.1, 0.15) is 16.5 Å². The number of benzene rings is 1. The molecule has 0 bridgehead atoms. The van der Waals surface area contributed by atoms with Crippen molar-refractivity contribution in [3.05, 3.63) is 62.1 Å². The van der Waals surface area contributed by atoms with E-state index >= 15 is 0 Å². The molecule has 0 radical (unpaired) electrons. The first-order valence-electron chi connectivity index (χ1n) is 11.6. The van der Waals surface area contributed by atoms with Gasteiger partial charge in [-0.25, -0.2) is 4.99 Å². The zero-order valence-electron chi connectivity index (χ0n) is 18.3. The van der Waals surface area contributed by atoms with Gasteiger partial charge < -0.3 is 9.73 Å². The SMILES string of the molecule is O=C(NC1CCCCC1)c1c(/N=C/c2ccc(-c3ccc(Cl)c(Cl)c3)o2)sc2c1CCCC2. The average molecular weight is 501 g/mol. The Morgan fingerprint density at radius 3 is 2.67 bits per heavy atom. The maximum absolute atomic E-state index is 13.3. The van der Waals surface area contributed by atoms with E-state index in [1.54, 1.807) is 29.7 Å². The molecule has 0 spiro atoms. The van der Waals surface area contributed by atoms with E-state index in [2.05, 4.69) is 5.32 Å². The third kappa shape index (κ3) is 5.06. The third-order valence-electron chi connectivity index (χ3n) is 6.46. The fourth-order valence-electron chi connectivity index (χ4n) is 4.73. The molecule has 2 aliphatic carbocycles. The largest absolute Gasteiger partial charge is 0.455 e. The van der Waals surface area contributed by atoms with Gasteiger partial charge in [0.2, 0.25) is 0 Å². The molecule has 1 fully saturated rings. The molecule has 1 aromatic carbocycles. The molecule has 1 saturated carbocycles. The lowest BCUT2D eigenvalue weighted by molar-refractivity contribution is 0.0927. The van der Waals surface area contributed by atoms with Crippen LogP contribution in [0.3, 0.4) is 0 Å². The molecule has 2 aromatic heterocycles. The second kappa shape index (κ2) is 10.0. The first kappa shape index (κ1) is 22.7. The molecule has 3 aromatic rings. The number of aliphatic imine (C=N–C) groups is 1. The number of furan rings is 1. The maximum atomic E-state index is 13.3. The van der Waals surface area contributed by atoms with Crippen molar-refractivity contribution in [2.75, 3.05) is 0 Å². The number of carbonyl (C=O) groups excluding carboxylic acids is 1. The highest BCUT2D eigenvalue weighted by Gasteiger charge is 2.27. The molecule has 1 N–H and O–H groups in total.